The molecule has 0 N–H and O–H groups in total. The van der Waals surface area contributed by atoms with Gasteiger partial charge in [0.05, 0.1) is 6.61 Å². The molecule has 10 heteroatoms. The molecule has 2 rings (SSSR count). The predicted molar refractivity (Wildman–Crippen MR) is 162 cm³/mol. The van der Waals surface area contributed by atoms with E-state index in [0.717, 1.165) is 10.5 Å². The summed E-state index contributed by atoms with van der Waals surface area (Å²) in [6.45, 7) is 26.7. The van der Waals surface area contributed by atoms with E-state index in [1.807, 2.05) is 31.2 Å². The molecule has 222 valence electrons. The molecule has 0 saturated carbocycles. The topological polar surface area (TPSA) is 80.3 Å². The minimum absolute atomic E-state index is 0.00797. The normalized spacial score (nSPS) is 24.8. The summed E-state index contributed by atoms with van der Waals surface area (Å²) in [6, 6.07) is 8.12. The van der Waals surface area contributed by atoms with Crippen LogP contribution in [0.5, 0.6) is 0 Å². The Hall–Kier alpha value is -1.18. The van der Waals surface area contributed by atoms with Gasteiger partial charge in [-0.1, -0.05) is 71.0 Å². The summed E-state index contributed by atoms with van der Waals surface area (Å²) < 4.78 is 32.0. The molecule has 0 aromatic heterocycles. The molecule has 0 amide bonds. The van der Waals surface area contributed by atoms with Crippen molar-refractivity contribution in [1.29, 1.82) is 0 Å². The maximum absolute atomic E-state index is 12.4. The van der Waals surface area contributed by atoms with Gasteiger partial charge in [-0.2, -0.15) is 0 Å². The van der Waals surface area contributed by atoms with Gasteiger partial charge in [0.1, 0.15) is 17.6 Å². The van der Waals surface area contributed by atoms with E-state index in [-0.39, 0.29) is 16.7 Å². The van der Waals surface area contributed by atoms with Crippen molar-refractivity contribution in [2.24, 2.45) is 0 Å². The van der Waals surface area contributed by atoms with Gasteiger partial charge in [0.2, 0.25) is 0 Å². The highest BCUT2D eigenvalue weighted by atomic mass is 32.2. The quantitative estimate of drug-likeness (QED) is 0.220. The van der Waals surface area contributed by atoms with Crippen LogP contribution in [-0.4, -0.2) is 65.0 Å². The van der Waals surface area contributed by atoms with Crippen LogP contribution in [0.15, 0.2) is 29.2 Å². The van der Waals surface area contributed by atoms with Gasteiger partial charge >= 0.3 is 11.9 Å². The van der Waals surface area contributed by atoms with Crippen LogP contribution < -0.4 is 0 Å². The number of carbonyl (C=O) groups is 2. The SMILES string of the molecule is CC(=O)O[C@@H]1[C@@H](O[Si](C)(C)C(C)(C)C)[C@H](OC(C)=O)[C@@H](CO[Si](C)(C)C(C)(C)C)O[C@H]1Sc1ccc(C)cc1. The first-order valence-electron chi connectivity index (χ1n) is 13.7. The number of carbonyl (C=O) groups excluding carboxylic acids is 2. The summed E-state index contributed by atoms with van der Waals surface area (Å²) in [5.74, 6) is -0.893. The zero-order valence-electron chi connectivity index (χ0n) is 26.2. The molecule has 39 heavy (non-hydrogen) atoms. The second kappa shape index (κ2) is 12.8. The third kappa shape index (κ3) is 9.16. The number of thioether (sulfide) groups is 1. The lowest BCUT2D eigenvalue weighted by Crippen LogP contribution is -2.64. The summed E-state index contributed by atoms with van der Waals surface area (Å²) in [7, 11) is -4.55. The number of esters is 2. The Morgan fingerprint density at radius 3 is 1.77 bits per heavy atom. The summed E-state index contributed by atoms with van der Waals surface area (Å²) in [4.78, 5) is 25.8. The standard InChI is InChI=1S/C29H50O7SSi2/c1-19-14-16-22(17-15-19)37-27-26(34-21(3)31)25(36-39(12,13)29(7,8)9)24(33-20(2)30)23(35-27)18-32-38(10,11)28(4,5)6/h14-17,23-27H,18H2,1-13H3/t23-,24-,25+,26-,27+/m1/s1. The lowest BCUT2D eigenvalue weighted by Gasteiger charge is -2.49. The molecule has 5 atom stereocenters. The molecule has 0 bridgehead atoms. The molecule has 0 unspecified atom stereocenters. The number of aryl methyl sites for hydroxylation is 1. The minimum Gasteiger partial charge on any atom is -0.457 e. The third-order valence-corrected chi connectivity index (χ3v) is 18.3. The molecule has 1 fully saturated rings. The number of hydrogen-bond acceptors (Lipinski definition) is 8. The molecule has 1 aromatic carbocycles. The predicted octanol–water partition coefficient (Wildman–Crippen LogP) is 7.09. The Morgan fingerprint density at radius 2 is 1.31 bits per heavy atom. The summed E-state index contributed by atoms with van der Waals surface area (Å²) >= 11 is 1.48. The lowest BCUT2D eigenvalue weighted by atomic mass is 9.99. The first-order valence-corrected chi connectivity index (χ1v) is 20.4. The number of rotatable bonds is 9. The average Bonchev–Trinajstić information content (AvgIpc) is 2.75. The smallest absolute Gasteiger partial charge is 0.303 e. The van der Waals surface area contributed by atoms with E-state index in [1.54, 1.807) is 0 Å². The first-order chi connectivity index (χ1) is 17.6. The van der Waals surface area contributed by atoms with E-state index in [9.17, 15) is 9.59 Å². The van der Waals surface area contributed by atoms with Crippen LogP contribution in [0.3, 0.4) is 0 Å². The van der Waals surface area contributed by atoms with Crippen LogP contribution in [0.25, 0.3) is 0 Å². The Bertz CT molecular complexity index is 983. The second-order valence-corrected chi connectivity index (χ2v) is 24.3. The fourth-order valence-corrected chi connectivity index (χ4v) is 7.09. The molecule has 0 aliphatic carbocycles. The number of benzene rings is 1. The molecule has 1 aliphatic heterocycles. The van der Waals surface area contributed by atoms with E-state index >= 15 is 0 Å². The van der Waals surface area contributed by atoms with Gasteiger partial charge < -0.3 is 23.1 Å². The molecule has 1 heterocycles. The van der Waals surface area contributed by atoms with E-state index in [2.05, 4.69) is 67.7 Å². The van der Waals surface area contributed by atoms with Gasteiger partial charge in [0.15, 0.2) is 28.8 Å². The van der Waals surface area contributed by atoms with Crippen LogP contribution in [0.1, 0.15) is 61.0 Å². The maximum Gasteiger partial charge on any atom is 0.303 e. The highest BCUT2D eigenvalue weighted by Crippen LogP contribution is 2.44. The molecule has 1 aliphatic rings. The summed E-state index contributed by atoms with van der Waals surface area (Å²) in [6.07, 6.45) is -2.92. The van der Waals surface area contributed by atoms with Gasteiger partial charge in [0, 0.05) is 18.7 Å². The summed E-state index contributed by atoms with van der Waals surface area (Å²) in [5.41, 5.74) is 0.557. The Balaban J connectivity index is 2.60. The van der Waals surface area contributed by atoms with E-state index in [0.29, 0.717) is 0 Å². The van der Waals surface area contributed by atoms with Crippen molar-refractivity contribution >= 4 is 40.3 Å². The van der Waals surface area contributed by atoms with Gasteiger partial charge in [-0.25, -0.2) is 0 Å². The number of hydrogen-bond donors (Lipinski definition) is 0. The maximum atomic E-state index is 12.4. The Morgan fingerprint density at radius 1 is 0.821 bits per heavy atom. The van der Waals surface area contributed by atoms with Gasteiger partial charge in [0.25, 0.3) is 0 Å². The van der Waals surface area contributed by atoms with Crippen molar-refractivity contribution < 1.29 is 32.7 Å². The largest absolute Gasteiger partial charge is 0.457 e. The fraction of sp³-hybridized carbons (Fsp3) is 0.724. The monoisotopic (exact) mass is 598 g/mol. The van der Waals surface area contributed by atoms with Crippen molar-refractivity contribution in [1.82, 2.24) is 0 Å². The highest BCUT2D eigenvalue weighted by molar-refractivity contribution is 7.99. The first kappa shape index (κ1) is 34.0. The minimum atomic E-state index is -2.41. The van der Waals surface area contributed by atoms with E-state index in [1.165, 1.54) is 25.6 Å². The molecular weight excluding hydrogens is 549 g/mol. The number of ether oxygens (including phenoxy) is 3. The molecule has 1 aromatic rings. The molecular formula is C29H50O7SSi2. The van der Waals surface area contributed by atoms with Crippen molar-refractivity contribution in [2.45, 2.75) is 133 Å². The molecule has 7 nitrogen and oxygen atoms in total. The Labute approximate surface area is 242 Å². The highest BCUT2D eigenvalue weighted by Gasteiger charge is 2.54. The Kier molecular flexibility index (Phi) is 11.1. The van der Waals surface area contributed by atoms with Gasteiger partial charge in [-0.15, -0.1) is 0 Å². The van der Waals surface area contributed by atoms with Crippen molar-refractivity contribution in [3.05, 3.63) is 29.8 Å². The third-order valence-electron chi connectivity index (χ3n) is 8.12. The van der Waals surface area contributed by atoms with Crippen LogP contribution in [0.2, 0.25) is 36.3 Å². The molecule has 1 saturated heterocycles. The van der Waals surface area contributed by atoms with Crippen LogP contribution in [0, 0.1) is 6.92 Å². The zero-order chi connectivity index (χ0) is 30.0. The molecule has 0 radical (unpaired) electrons. The zero-order valence-corrected chi connectivity index (χ0v) is 29.0. The van der Waals surface area contributed by atoms with E-state index < -0.39 is 58.4 Å². The second-order valence-electron chi connectivity index (χ2n) is 13.5. The average molecular weight is 599 g/mol. The van der Waals surface area contributed by atoms with Crippen LogP contribution in [0.4, 0.5) is 0 Å². The van der Waals surface area contributed by atoms with Crippen LogP contribution >= 0.6 is 11.8 Å². The fourth-order valence-electron chi connectivity index (χ4n) is 3.67. The van der Waals surface area contributed by atoms with E-state index in [4.69, 9.17) is 23.1 Å². The molecule has 0 spiro atoms. The van der Waals surface area contributed by atoms with Crippen molar-refractivity contribution in [3.63, 3.8) is 0 Å². The van der Waals surface area contributed by atoms with Crippen molar-refractivity contribution in [3.8, 4) is 0 Å². The lowest BCUT2D eigenvalue weighted by molar-refractivity contribution is -0.224. The van der Waals surface area contributed by atoms with Gasteiger partial charge in [-0.3, -0.25) is 9.59 Å². The van der Waals surface area contributed by atoms with Crippen molar-refractivity contribution in [2.75, 3.05) is 6.61 Å². The van der Waals surface area contributed by atoms with Gasteiger partial charge in [-0.05, 0) is 55.3 Å². The summed E-state index contributed by atoms with van der Waals surface area (Å²) in [5, 5.41) is -0.133. The van der Waals surface area contributed by atoms with Crippen LogP contribution in [-0.2, 0) is 32.7 Å².